The first-order valence-corrected chi connectivity index (χ1v) is 5.44. The summed E-state index contributed by atoms with van der Waals surface area (Å²) in [5.41, 5.74) is 5.08. The molecule has 0 amide bonds. The van der Waals surface area contributed by atoms with E-state index in [0.29, 0.717) is 0 Å². The van der Waals surface area contributed by atoms with Crippen LogP contribution in [0.5, 0.6) is 0 Å². The van der Waals surface area contributed by atoms with Crippen LogP contribution in [-0.2, 0) is 13.6 Å². The van der Waals surface area contributed by atoms with Gasteiger partial charge in [0.25, 0.3) is 0 Å². The second-order valence-corrected chi connectivity index (χ2v) is 3.73. The molecular formula is C6H16NO4P. The molecule has 0 aromatic heterocycles. The zero-order chi connectivity index (χ0) is 9.45. The molecule has 0 aliphatic heterocycles. The molecule has 0 saturated carbocycles. The topological polar surface area (TPSA) is 81.8 Å². The third kappa shape index (κ3) is 6.76. The van der Waals surface area contributed by atoms with E-state index in [1.807, 2.05) is 6.92 Å². The van der Waals surface area contributed by atoms with Crippen LogP contribution >= 0.6 is 7.82 Å². The third-order valence-electron chi connectivity index (χ3n) is 1.12. The molecule has 0 heterocycles. The van der Waals surface area contributed by atoms with Gasteiger partial charge in [0.2, 0.25) is 0 Å². The van der Waals surface area contributed by atoms with Crippen molar-refractivity contribution in [1.82, 2.24) is 0 Å². The SMILES string of the molecule is CCCCOP(=O)(O)OCCN. The lowest BCUT2D eigenvalue weighted by Crippen LogP contribution is -2.08. The minimum Gasteiger partial charge on any atom is -0.328 e. The first-order valence-electron chi connectivity index (χ1n) is 3.94. The Morgan fingerprint density at radius 1 is 1.42 bits per heavy atom. The van der Waals surface area contributed by atoms with Gasteiger partial charge in [-0.25, -0.2) is 4.57 Å². The Kier molecular flexibility index (Phi) is 6.61. The summed E-state index contributed by atoms with van der Waals surface area (Å²) in [5.74, 6) is 0. The minimum atomic E-state index is -3.82. The number of unbranched alkanes of at least 4 members (excludes halogenated alkanes) is 1. The summed E-state index contributed by atoms with van der Waals surface area (Å²) in [7, 11) is -3.82. The Morgan fingerprint density at radius 2 is 2.00 bits per heavy atom. The van der Waals surface area contributed by atoms with Crippen molar-refractivity contribution < 1.29 is 18.5 Å². The highest BCUT2D eigenvalue weighted by molar-refractivity contribution is 7.47. The van der Waals surface area contributed by atoms with Gasteiger partial charge in [0.1, 0.15) is 0 Å². The third-order valence-corrected chi connectivity index (χ3v) is 2.14. The summed E-state index contributed by atoms with van der Waals surface area (Å²) < 4.78 is 20.0. The van der Waals surface area contributed by atoms with Crippen LogP contribution in [0.3, 0.4) is 0 Å². The molecule has 0 radical (unpaired) electrons. The van der Waals surface area contributed by atoms with Gasteiger partial charge in [0.15, 0.2) is 0 Å². The number of rotatable bonds is 7. The highest BCUT2D eigenvalue weighted by atomic mass is 31.2. The lowest BCUT2D eigenvalue weighted by Gasteiger charge is -2.10. The van der Waals surface area contributed by atoms with Gasteiger partial charge < -0.3 is 10.6 Å². The molecule has 74 valence electrons. The van der Waals surface area contributed by atoms with E-state index in [1.54, 1.807) is 0 Å². The maximum absolute atomic E-state index is 10.9. The number of hydrogen-bond donors (Lipinski definition) is 2. The van der Waals surface area contributed by atoms with Crippen LogP contribution < -0.4 is 5.73 Å². The van der Waals surface area contributed by atoms with Crippen LogP contribution in [-0.4, -0.2) is 24.7 Å². The molecule has 0 spiro atoms. The lowest BCUT2D eigenvalue weighted by atomic mass is 10.4. The van der Waals surface area contributed by atoms with Crippen molar-refractivity contribution in [2.24, 2.45) is 5.73 Å². The van der Waals surface area contributed by atoms with Crippen LogP contribution in [0.2, 0.25) is 0 Å². The standard InChI is InChI=1S/C6H16NO4P/c1-2-3-5-10-12(8,9)11-6-4-7/h2-7H2,1H3,(H,8,9). The molecule has 0 aromatic rings. The Balaban J connectivity index is 3.49. The molecule has 1 unspecified atom stereocenters. The maximum Gasteiger partial charge on any atom is 0.472 e. The Morgan fingerprint density at radius 3 is 2.50 bits per heavy atom. The second-order valence-electron chi connectivity index (χ2n) is 2.28. The van der Waals surface area contributed by atoms with E-state index in [9.17, 15) is 4.57 Å². The van der Waals surface area contributed by atoms with Crippen molar-refractivity contribution in [3.63, 3.8) is 0 Å². The predicted molar refractivity (Wildman–Crippen MR) is 45.7 cm³/mol. The van der Waals surface area contributed by atoms with Crippen molar-refractivity contribution in [3.8, 4) is 0 Å². The van der Waals surface area contributed by atoms with Crippen molar-refractivity contribution in [2.45, 2.75) is 19.8 Å². The molecule has 0 saturated heterocycles. The van der Waals surface area contributed by atoms with E-state index in [1.165, 1.54) is 0 Å². The van der Waals surface area contributed by atoms with Gasteiger partial charge >= 0.3 is 7.82 Å². The fraction of sp³-hybridized carbons (Fsp3) is 1.00. The Bertz CT molecular complexity index is 152. The molecule has 5 nitrogen and oxygen atoms in total. The van der Waals surface area contributed by atoms with Gasteiger partial charge in [-0.1, -0.05) is 13.3 Å². The van der Waals surface area contributed by atoms with Gasteiger partial charge in [-0.15, -0.1) is 0 Å². The van der Waals surface area contributed by atoms with Crippen LogP contribution in [0, 0.1) is 0 Å². The van der Waals surface area contributed by atoms with Crippen molar-refractivity contribution in [2.75, 3.05) is 19.8 Å². The Labute approximate surface area is 72.5 Å². The fourth-order valence-electron chi connectivity index (χ4n) is 0.530. The lowest BCUT2D eigenvalue weighted by molar-refractivity contribution is 0.151. The van der Waals surface area contributed by atoms with Gasteiger partial charge in [-0.3, -0.25) is 9.05 Å². The van der Waals surface area contributed by atoms with Crippen molar-refractivity contribution in [1.29, 1.82) is 0 Å². The smallest absolute Gasteiger partial charge is 0.328 e. The van der Waals surface area contributed by atoms with E-state index < -0.39 is 7.82 Å². The van der Waals surface area contributed by atoms with Gasteiger partial charge in [-0.2, -0.15) is 0 Å². The number of nitrogens with two attached hydrogens (primary N) is 1. The molecule has 0 fully saturated rings. The first-order chi connectivity index (χ1) is 5.62. The second kappa shape index (κ2) is 6.57. The molecule has 0 aromatic carbocycles. The number of phosphoric ester groups is 1. The monoisotopic (exact) mass is 197 g/mol. The summed E-state index contributed by atoms with van der Waals surface area (Å²) in [6.07, 6.45) is 1.66. The van der Waals surface area contributed by atoms with Gasteiger partial charge in [0.05, 0.1) is 13.2 Å². The summed E-state index contributed by atoms with van der Waals surface area (Å²) in [6, 6.07) is 0. The zero-order valence-electron chi connectivity index (χ0n) is 7.23. The summed E-state index contributed by atoms with van der Waals surface area (Å²) >= 11 is 0. The molecule has 0 aliphatic rings. The van der Waals surface area contributed by atoms with Crippen LogP contribution in [0.4, 0.5) is 0 Å². The predicted octanol–water partition coefficient (Wildman–Crippen LogP) is 0.879. The molecule has 0 bridgehead atoms. The zero-order valence-corrected chi connectivity index (χ0v) is 8.13. The fourth-order valence-corrected chi connectivity index (χ4v) is 1.30. The molecule has 6 heteroatoms. The number of hydrogen-bond acceptors (Lipinski definition) is 4. The van der Waals surface area contributed by atoms with Crippen LogP contribution in [0.1, 0.15) is 19.8 Å². The maximum atomic E-state index is 10.9. The van der Waals surface area contributed by atoms with Gasteiger partial charge in [0, 0.05) is 6.54 Å². The van der Waals surface area contributed by atoms with E-state index in [2.05, 4.69) is 9.05 Å². The highest BCUT2D eigenvalue weighted by Gasteiger charge is 2.19. The van der Waals surface area contributed by atoms with E-state index >= 15 is 0 Å². The molecule has 3 N–H and O–H groups in total. The van der Waals surface area contributed by atoms with Gasteiger partial charge in [-0.05, 0) is 6.42 Å². The van der Waals surface area contributed by atoms with Crippen LogP contribution in [0.15, 0.2) is 0 Å². The molecule has 0 aliphatic carbocycles. The quantitative estimate of drug-likeness (QED) is 0.467. The first kappa shape index (κ1) is 12.1. The van der Waals surface area contributed by atoms with Crippen molar-refractivity contribution in [3.05, 3.63) is 0 Å². The largest absolute Gasteiger partial charge is 0.472 e. The minimum absolute atomic E-state index is 0.0416. The molecule has 12 heavy (non-hydrogen) atoms. The van der Waals surface area contributed by atoms with E-state index in [0.717, 1.165) is 12.8 Å². The molecule has 0 rings (SSSR count). The Hall–Kier alpha value is 0.0700. The molecule has 1 atom stereocenters. The highest BCUT2D eigenvalue weighted by Crippen LogP contribution is 2.42. The summed E-state index contributed by atoms with van der Waals surface area (Å²) in [6.45, 7) is 2.46. The summed E-state index contributed by atoms with van der Waals surface area (Å²) in [5, 5.41) is 0. The van der Waals surface area contributed by atoms with E-state index in [4.69, 9.17) is 10.6 Å². The number of phosphoric acid groups is 1. The summed E-state index contributed by atoms with van der Waals surface area (Å²) in [4.78, 5) is 8.93. The average Bonchev–Trinajstić information content (AvgIpc) is 2.01. The van der Waals surface area contributed by atoms with E-state index in [-0.39, 0.29) is 19.8 Å². The normalized spacial score (nSPS) is 15.9. The van der Waals surface area contributed by atoms with Crippen LogP contribution in [0.25, 0.3) is 0 Å². The average molecular weight is 197 g/mol. The van der Waals surface area contributed by atoms with Crippen molar-refractivity contribution >= 4 is 7.82 Å². The molecular weight excluding hydrogens is 181 g/mol.